The molecule has 2 aliphatic heterocycles. The molecule has 174 valence electrons. The number of benzene rings is 2. The van der Waals surface area contributed by atoms with Gasteiger partial charge in [0, 0.05) is 20.1 Å². The first-order chi connectivity index (χ1) is 15.7. The Bertz CT molecular complexity index is 1040. The maximum atomic E-state index is 13.2. The summed E-state index contributed by atoms with van der Waals surface area (Å²) in [7, 11) is 1.68. The van der Waals surface area contributed by atoms with Crippen molar-refractivity contribution in [1.29, 1.82) is 0 Å². The average molecular weight is 454 g/mol. The number of urea groups is 1. The molecule has 0 saturated carbocycles. The molecule has 9 heteroatoms. The van der Waals surface area contributed by atoms with Crippen LogP contribution in [0.2, 0.25) is 0 Å². The number of hydrogen-bond donors (Lipinski definition) is 1. The van der Waals surface area contributed by atoms with Crippen LogP contribution < -0.4 is 5.32 Å². The van der Waals surface area contributed by atoms with Crippen LogP contribution in [-0.2, 0) is 22.7 Å². The molecule has 0 radical (unpaired) electrons. The molecule has 4 rings (SSSR count). The summed E-state index contributed by atoms with van der Waals surface area (Å²) in [6, 6.07) is 12.8. The van der Waals surface area contributed by atoms with Gasteiger partial charge in [-0.2, -0.15) is 0 Å². The minimum Gasteiger partial charge on any atom is -0.333 e. The molecule has 0 unspecified atom stereocenters. The van der Waals surface area contributed by atoms with Gasteiger partial charge in [0.25, 0.3) is 0 Å². The minimum atomic E-state index is -0.678. The Balaban J connectivity index is 1.53. The summed E-state index contributed by atoms with van der Waals surface area (Å²) in [6.45, 7) is 4.52. The zero-order chi connectivity index (χ0) is 23.7. The number of piperazine rings is 1. The molecule has 2 saturated heterocycles. The number of nitrogens with one attached hydrogen (secondary N) is 1. The van der Waals surface area contributed by atoms with Crippen LogP contribution in [-0.4, -0.2) is 70.0 Å². The summed E-state index contributed by atoms with van der Waals surface area (Å²) in [5.41, 5.74) is 2.87. The van der Waals surface area contributed by atoms with Gasteiger partial charge in [0.2, 0.25) is 11.8 Å². The van der Waals surface area contributed by atoms with Gasteiger partial charge in [-0.3, -0.25) is 9.59 Å². The Morgan fingerprint density at radius 3 is 2.36 bits per heavy atom. The van der Waals surface area contributed by atoms with E-state index < -0.39 is 12.2 Å². The molecule has 0 aliphatic carbocycles. The predicted octanol–water partition coefficient (Wildman–Crippen LogP) is 2.09. The fourth-order valence-corrected chi connectivity index (χ4v) is 4.38. The number of hydrazine groups is 1. The highest BCUT2D eigenvalue weighted by Gasteiger charge is 2.49. The summed E-state index contributed by atoms with van der Waals surface area (Å²) < 4.78 is 13.2. The Labute approximate surface area is 192 Å². The minimum absolute atomic E-state index is 0.00392. The number of hydrogen-bond acceptors (Lipinski definition) is 4. The zero-order valence-electron chi connectivity index (χ0n) is 19.0. The third-order valence-electron chi connectivity index (χ3n) is 6.15. The van der Waals surface area contributed by atoms with E-state index in [9.17, 15) is 18.8 Å². The second kappa shape index (κ2) is 9.19. The molecule has 0 aromatic heterocycles. The first-order valence-electron chi connectivity index (χ1n) is 10.9. The molecule has 0 bridgehead atoms. The molecular weight excluding hydrogens is 425 g/mol. The lowest BCUT2D eigenvalue weighted by Crippen LogP contribution is -2.75. The van der Waals surface area contributed by atoms with Gasteiger partial charge >= 0.3 is 6.03 Å². The fourth-order valence-electron chi connectivity index (χ4n) is 4.38. The smallest absolute Gasteiger partial charge is 0.333 e. The summed E-state index contributed by atoms with van der Waals surface area (Å²) in [5.74, 6) is -0.679. The topological polar surface area (TPSA) is 76.2 Å². The largest absolute Gasteiger partial charge is 0.334 e. The number of rotatable bonds is 4. The van der Waals surface area contributed by atoms with Crippen LogP contribution in [0.25, 0.3) is 0 Å². The van der Waals surface area contributed by atoms with E-state index in [1.807, 2.05) is 31.2 Å². The summed E-state index contributed by atoms with van der Waals surface area (Å²) in [6.07, 6.45) is -0.623. The van der Waals surface area contributed by atoms with Crippen LogP contribution >= 0.6 is 0 Å². The molecule has 0 spiro atoms. The molecule has 2 aliphatic rings. The SMILES string of the molecule is Cc1ccc(CN2C[C@H]3N(C(=O)CN(C)N3C(=O)NCc3ccc(F)cc3)[C@@H](C)C2=O)cc1. The van der Waals surface area contributed by atoms with Crippen LogP contribution in [0.15, 0.2) is 48.5 Å². The van der Waals surface area contributed by atoms with Crippen LogP contribution in [0.4, 0.5) is 9.18 Å². The molecule has 2 heterocycles. The lowest BCUT2D eigenvalue weighted by atomic mass is 10.1. The number of fused-ring (bicyclic) bond motifs is 1. The normalized spacial score (nSPS) is 21.3. The van der Waals surface area contributed by atoms with Crippen molar-refractivity contribution in [3.8, 4) is 0 Å². The summed E-state index contributed by atoms with van der Waals surface area (Å²) in [4.78, 5) is 42.2. The van der Waals surface area contributed by atoms with Crippen molar-refractivity contribution < 1.29 is 18.8 Å². The lowest BCUT2D eigenvalue weighted by molar-refractivity contribution is -0.186. The third kappa shape index (κ3) is 4.68. The van der Waals surface area contributed by atoms with Crippen molar-refractivity contribution in [2.24, 2.45) is 0 Å². The second-order valence-electron chi connectivity index (χ2n) is 8.61. The van der Waals surface area contributed by atoms with Crippen LogP contribution in [0.3, 0.4) is 0 Å². The molecule has 8 nitrogen and oxygen atoms in total. The monoisotopic (exact) mass is 453 g/mol. The van der Waals surface area contributed by atoms with E-state index in [1.165, 1.54) is 22.0 Å². The molecule has 2 aromatic rings. The molecule has 1 N–H and O–H groups in total. The standard InChI is InChI=1S/C24H28FN5O3/c1-16-4-6-19(7-5-16)13-28-14-21-29(17(2)23(28)32)22(31)15-27(3)30(21)24(33)26-12-18-8-10-20(25)11-9-18/h4-11,17,21H,12-15H2,1-3H3,(H,26,33)/t17-,21-/m0/s1. The highest BCUT2D eigenvalue weighted by molar-refractivity contribution is 5.91. The molecule has 2 fully saturated rings. The van der Waals surface area contributed by atoms with Crippen LogP contribution in [0.5, 0.6) is 0 Å². The van der Waals surface area contributed by atoms with Crippen molar-refractivity contribution in [3.63, 3.8) is 0 Å². The van der Waals surface area contributed by atoms with Gasteiger partial charge in [-0.05, 0) is 37.1 Å². The number of likely N-dealkylation sites (N-methyl/N-ethyl adjacent to an activating group) is 1. The van der Waals surface area contributed by atoms with Crippen LogP contribution in [0.1, 0.15) is 23.6 Å². The van der Waals surface area contributed by atoms with Crippen molar-refractivity contribution in [3.05, 3.63) is 71.0 Å². The fraction of sp³-hybridized carbons (Fsp3) is 0.375. The number of aryl methyl sites for hydroxylation is 1. The Hall–Kier alpha value is -3.46. The zero-order valence-corrected chi connectivity index (χ0v) is 19.0. The van der Waals surface area contributed by atoms with Crippen molar-refractivity contribution in [1.82, 2.24) is 25.1 Å². The maximum Gasteiger partial charge on any atom is 0.334 e. The maximum absolute atomic E-state index is 13.2. The van der Waals surface area contributed by atoms with Gasteiger partial charge in [0.15, 0.2) is 0 Å². The molecule has 2 atom stereocenters. The van der Waals surface area contributed by atoms with Gasteiger partial charge in [-0.1, -0.05) is 42.0 Å². The number of carbonyl (C=O) groups excluding carboxylic acids is 3. The van der Waals surface area contributed by atoms with E-state index in [4.69, 9.17) is 0 Å². The van der Waals surface area contributed by atoms with Crippen molar-refractivity contribution in [2.45, 2.75) is 39.1 Å². The van der Waals surface area contributed by atoms with Gasteiger partial charge in [-0.25, -0.2) is 19.2 Å². The van der Waals surface area contributed by atoms with E-state index in [2.05, 4.69) is 5.32 Å². The Morgan fingerprint density at radius 1 is 1.06 bits per heavy atom. The highest BCUT2D eigenvalue weighted by atomic mass is 19.1. The average Bonchev–Trinajstić information content (AvgIpc) is 2.78. The van der Waals surface area contributed by atoms with E-state index >= 15 is 0 Å². The lowest BCUT2D eigenvalue weighted by Gasteiger charge is -2.53. The van der Waals surface area contributed by atoms with E-state index in [1.54, 1.807) is 36.0 Å². The van der Waals surface area contributed by atoms with Gasteiger partial charge in [-0.15, -0.1) is 0 Å². The van der Waals surface area contributed by atoms with E-state index in [0.717, 1.165) is 16.7 Å². The quantitative estimate of drug-likeness (QED) is 0.769. The molecule has 33 heavy (non-hydrogen) atoms. The Morgan fingerprint density at radius 2 is 1.70 bits per heavy atom. The van der Waals surface area contributed by atoms with Gasteiger partial charge in [0.05, 0.1) is 13.1 Å². The molecule has 4 amide bonds. The number of amides is 4. The second-order valence-corrected chi connectivity index (χ2v) is 8.61. The van der Waals surface area contributed by atoms with Crippen LogP contribution in [0, 0.1) is 12.7 Å². The summed E-state index contributed by atoms with van der Waals surface area (Å²) in [5, 5.41) is 5.92. The van der Waals surface area contributed by atoms with Crippen molar-refractivity contribution in [2.75, 3.05) is 20.1 Å². The van der Waals surface area contributed by atoms with E-state index in [-0.39, 0.29) is 43.3 Å². The number of nitrogens with zero attached hydrogens (tertiary/aromatic N) is 4. The first kappa shape index (κ1) is 22.7. The Kier molecular flexibility index (Phi) is 6.33. The first-order valence-corrected chi connectivity index (χ1v) is 10.9. The summed E-state index contributed by atoms with van der Waals surface area (Å²) >= 11 is 0. The number of carbonyl (C=O) groups is 3. The third-order valence-corrected chi connectivity index (χ3v) is 6.15. The number of halogens is 1. The molecule has 2 aromatic carbocycles. The predicted molar refractivity (Wildman–Crippen MR) is 120 cm³/mol. The van der Waals surface area contributed by atoms with E-state index in [0.29, 0.717) is 6.54 Å². The van der Waals surface area contributed by atoms with Crippen molar-refractivity contribution >= 4 is 17.8 Å². The van der Waals surface area contributed by atoms with Gasteiger partial charge in [0.1, 0.15) is 18.0 Å². The molecular formula is C24H28FN5O3. The highest BCUT2D eigenvalue weighted by Crippen LogP contribution is 2.26. The van der Waals surface area contributed by atoms with Gasteiger partial charge < -0.3 is 15.1 Å².